The molecule has 0 saturated heterocycles. The fourth-order valence-electron chi connectivity index (χ4n) is 1.57. The highest BCUT2D eigenvalue weighted by atomic mass is 16.5. The Balaban J connectivity index is 2.22. The molecule has 86 valence electrons. The van der Waals surface area contributed by atoms with Crippen LogP contribution in [-0.2, 0) is 4.74 Å². The molecule has 0 fully saturated rings. The molecule has 0 bridgehead atoms. The zero-order valence-corrected chi connectivity index (χ0v) is 9.67. The zero-order valence-electron chi connectivity index (χ0n) is 9.67. The first-order valence-corrected chi connectivity index (χ1v) is 5.55. The summed E-state index contributed by atoms with van der Waals surface area (Å²) in [5, 5.41) is 0. The highest BCUT2D eigenvalue weighted by Gasteiger charge is 2.14. The molecule has 0 aliphatic rings. The molecule has 3 nitrogen and oxygen atoms in total. The number of benzene rings is 1. The highest BCUT2D eigenvalue weighted by molar-refractivity contribution is 5.63. The van der Waals surface area contributed by atoms with Crippen LogP contribution in [0.25, 0.3) is 11.1 Å². The number of aromatic nitrogens is 1. The molecule has 1 aromatic carbocycles. The molecule has 1 heterocycles. The van der Waals surface area contributed by atoms with Crippen molar-refractivity contribution in [2.45, 2.75) is 6.92 Å². The average molecular weight is 228 g/mol. The van der Waals surface area contributed by atoms with Gasteiger partial charge in [-0.2, -0.15) is 4.79 Å². The first kappa shape index (κ1) is 11.3. The quantitative estimate of drug-likeness (QED) is 0.740. The minimum atomic E-state index is -0.355. The summed E-state index contributed by atoms with van der Waals surface area (Å²) in [5.41, 5.74) is 2.20. The largest absolute Gasteiger partial charge is 0.601 e. The van der Waals surface area contributed by atoms with Crippen LogP contribution in [0.2, 0.25) is 0 Å². The molecular formula is C14H14NO2+. The third kappa shape index (κ3) is 2.69. The number of pyridine rings is 1. The summed E-state index contributed by atoms with van der Waals surface area (Å²) in [6.07, 6.45) is 3.06. The monoisotopic (exact) mass is 228 g/mol. The molecule has 0 saturated carbocycles. The maximum absolute atomic E-state index is 11.4. The second kappa shape index (κ2) is 5.25. The van der Waals surface area contributed by atoms with Crippen LogP contribution in [0.4, 0.5) is 4.79 Å². The fourth-order valence-corrected chi connectivity index (χ4v) is 1.57. The SMILES string of the molecule is CCOC(=O)[n+]1ccc(-c2ccccc2)cc1. The van der Waals surface area contributed by atoms with Crippen LogP contribution in [-0.4, -0.2) is 12.7 Å². The second-order valence-electron chi connectivity index (χ2n) is 3.56. The maximum atomic E-state index is 11.4. The van der Waals surface area contributed by atoms with Gasteiger partial charge in [-0.25, -0.2) is 0 Å². The van der Waals surface area contributed by atoms with Gasteiger partial charge in [-0.15, -0.1) is 0 Å². The number of nitrogens with zero attached hydrogens (tertiary/aromatic N) is 1. The van der Waals surface area contributed by atoms with Gasteiger partial charge in [0.05, 0.1) is 6.61 Å². The van der Waals surface area contributed by atoms with Gasteiger partial charge >= 0.3 is 6.09 Å². The smallest absolute Gasteiger partial charge is 0.412 e. The Morgan fingerprint density at radius 1 is 1.06 bits per heavy atom. The van der Waals surface area contributed by atoms with Gasteiger partial charge in [-0.1, -0.05) is 34.9 Å². The number of carbonyl (C=O) groups is 1. The first-order valence-electron chi connectivity index (χ1n) is 5.55. The van der Waals surface area contributed by atoms with E-state index in [4.69, 9.17) is 4.74 Å². The van der Waals surface area contributed by atoms with Crippen LogP contribution in [0.15, 0.2) is 54.9 Å². The molecular weight excluding hydrogens is 214 g/mol. The predicted octanol–water partition coefficient (Wildman–Crippen LogP) is 2.65. The van der Waals surface area contributed by atoms with Crippen molar-refractivity contribution in [3.63, 3.8) is 0 Å². The Kier molecular flexibility index (Phi) is 3.50. The summed E-state index contributed by atoms with van der Waals surface area (Å²) in [5.74, 6) is 0. The molecule has 0 atom stereocenters. The number of hydrogen-bond acceptors (Lipinski definition) is 2. The molecule has 0 aliphatic carbocycles. The molecule has 2 rings (SSSR count). The van der Waals surface area contributed by atoms with E-state index in [1.165, 1.54) is 4.57 Å². The van der Waals surface area contributed by atoms with Gasteiger partial charge < -0.3 is 4.74 Å². The van der Waals surface area contributed by atoms with E-state index in [0.29, 0.717) is 6.61 Å². The van der Waals surface area contributed by atoms with Gasteiger partial charge in [0.15, 0.2) is 12.4 Å². The van der Waals surface area contributed by atoms with Crippen molar-refractivity contribution in [2.75, 3.05) is 6.61 Å². The molecule has 2 aromatic rings. The van der Waals surface area contributed by atoms with Crippen LogP contribution in [0.3, 0.4) is 0 Å². The number of carbonyl (C=O) groups excluding carboxylic acids is 1. The van der Waals surface area contributed by atoms with Crippen LogP contribution in [0, 0.1) is 0 Å². The maximum Gasteiger partial charge on any atom is 0.601 e. The minimum Gasteiger partial charge on any atom is -0.412 e. The minimum absolute atomic E-state index is 0.355. The molecule has 0 unspecified atom stereocenters. The average Bonchev–Trinajstić information content (AvgIpc) is 2.40. The lowest BCUT2D eigenvalue weighted by Crippen LogP contribution is -2.42. The fraction of sp³-hybridized carbons (Fsp3) is 0.143. The van der Waals surface area contributed by atoms with Gasteiger partial charge in [0.25, 0.3) is 0 Å². The van der Waals surface area contributed by atoms with Crippen molar-refractivity contribution < 1.29 is 14.1 Å². The molecule has 1 aromatic heterocycles. The summed E-state index contributed by atoms with van der Waals surface area (Å²) in [7, 11) is 0. The standard InChI is InChI=1S/C14H14NO2/c1-2-17-14(16)15-10-8-13(9-11-15)12-6-4-3-5-7-12/h3-11H,2H2,1H3/q+1. The highest BCUT2D eigenvalue weighted by Crippen LogP contribution is 2.16. The van der Waals surface area contributed by atoms with Crippen LogP contribution in [0.1, 0.15) is 6.92 Å². The molecule has 0 N–H and O–H groups in total. The van der Waals surface area contributed by atoms with E-state index < -0.39 is 0 Å². The van der Waals surface area contributed by atoms with Gasteiger partial charge in [-0.05, 0) is 18.1 Å². The Morgan fingerprint density at radius 3 is 2.24 bits per heavy atom. The molecule has 0 radical (unpaired) electrons. The van der Waals surface area contributed by atoms with Crippen LogP contribution >= 0.6 is 0 Å². The predicted molar refractivity (Wildman–Crippen MR) is 64.5 cm³/mol. The molecule has 0 amide bonds. The Bertz CT molecular complexity index is 491. The van der Waals surface area contributed by atoms with E-state index in [1.807, 2.05) is 42.5 Å². The lowest BCUT2D eigenvalue weighted by molar-refractivity contribution is -0.585. The van der Waals surface area contributed by atoms with Gasteiger partial charge in [0.1, 0.15) is 0 Å². The zero-order chi connectivity index (χ0) is 12.1. The Hall–Kier alpha value is -2.16. The molecule has 0 spiro atoms. The molecule has 0 aliphatic heterocycles. The second-order valence-corrected chi connectivity index (χ2v) is 3.56. The van der Waals surface area contributed by atoms with Crippen LogP contribution < -0.4 is 4.57 Å². The van der Waals surface area contributed by atoms with E-state index in [9.17, 15) is 4.79 Å². The van der Waals surface area contributed by atoms with Crippen molar-refractivity contribution in [1.29, 1.82) is 0 Å². The normalized spacial score (nSPS) is 9.94. The number of hydrogen-bond donors (Lipinski definition) is 0. The van der Waals surface area contributed by atoms with Crippen molar-refractivity contribution in [3.8, 4) is 11.1 Å². The van der Waals surface area contributed by atoms with Crippen molar-refractivity contribution >= 4 is 6.09 Å². The lowest BCUT2D eigenvalue weighted by Gasteiger charge is -1.99. The van der Waals surface area contributed by atoms with Crippen molar-refractivity contribution in [3.05, 3.63) is 54.9 Å². The van der Waals surface area contributed by atoms with Crippen LogP contribution in [0.5, 0.6) is 0 Å². The van der Waals surface area contributed by atoms with Gasteiger partial charge in [-0.3, -0.25) is 0 Å². The first-order chi connectivity index (χ1) is 8.31. The third-order valence-electron chi connectivity index (χ3n) is 2.42. The van der Waals surface area contributed by atoms with E-state index >= 15 is 0 Å². The van der Waals surface area contributed by atoms with E-state index in [1.54, 1.807) is 19.3 Å². The Labute approximate surface area is 100 Å². The summed E-state index contributed by atoms with van der Waals surface area (Å²) in [6, 6.07) is 13.8. The lowest BCUT2D eigenvalue weighted by atomic mass is 10.1. The molecule has 17 heavy (non-hydrogen) atoms. The molecule has 3 heteroatoms. The van der Waals surface area contributed by atoms with Gasteiger partial charge in [0.2, 0.25) is 0 Å². The van der Waals surface area contributed by atoms with Crippen molar-refractivity contribution in [1.82, 2.24) is 0 Å². The third-order valence-corrected chi connectivity index (χ3v) is 2.42. The summed E-state index contributed by atoms with van der Waals surface area (Å²) in [4.78, 5) is 11.4. The van der Waals surface area contributed by atoms with E-state index in [2.05, 4.69) is 0 Å². The van der Waals surface area contributed by atoms with Gasteiger partial charge in [0, 0.05) is 12.1 Å². The van der Waals surface area contributed by atoms with Crippen molar-refractivity contribution in [2.24, 2.45) is 0 Å². The summed E-state index contributed by atoms with van der Waals surface area (Å²) >= 11 is 0. The summed E-state index contributed by atoms with van der Waals surface area (Å²) in [6.45, 7) is 2.17. The topological polar surface area (TPSA) is 30.2 Å². The Morgan fingerprint density at radius 2 is 1.65 bits per heavy atom. The number of rotatable bonds is 2. The van der Waals surface area contributed by atoms with E-state index in [-0.39, 0.29) is 6.09 Å². The number of ether oxygens (including phenoxy) is 1. The van der Waals surface area contributed by atoms with E-state index in [0.717, 1.165) is 11.1 Å². The summed E-state index contributed by atoms with van der Waals surface area (Å²) < 4.78 is 6.32.